The molecule has 0 bridgehead atoms. The number of hydrogen-bond acceptors (Lipinski definition) is 3. The Balaban J connectivity index is 1.68. The molecule has 0 saturated carbocycles. The molecule has 0 aliphatic heterocycles. The van der Waals surface area contributed by atoms with Crippen LogP contribution in [0.15, 0.2) is 65.1 Å². The van der Waals surface area contributed by atoms with Gasteiger partial charge in [0.2, 0.25) is 0 Å². The molecular formula is C23H23BrClNO2. The van der Waals surface area contributed by atoms with Crippen molar-refractivity contribution in [1.82, 2.24) is 0 Å². The smallest absolute Gasteiger partial charge is 0.161 e. The van der Waals surface area contributed by atoms with Crippen molar-refractivity contribution in [2.45, 2.75) is 27.0 Å². The second-order valence-electron chi connectivity index (χ2n) is 6.44. The molecule has 0 fully saturated rings. The van der Waals surface area contributed by atoms with Crippen molar-refractivity contribution in [2.75, 3.05) is 11.9 Å². The van der Waals surface area contributed by atoms with Crippen molar-refractivity contribution < 1.29 is 9.47 Å². The van der Waals surface area contributed by atoms with Gasteiger partial charge in [0, 0.05) is 21.7 Å². The molecule has 0 amide bonds. The molecule has 3 aromatic rings. The van der Waals surface area contributed by atoms with Crippen molar-refractivity contribution in [3.63, 3.8) is 0 Å². The molecule has 0 atom stereocenters. The lowest BCUT2D eigenvalue weighted by molar-refractivity contribution is 0.269. The quantitative estimate of drug-likeness (QED) is 0.392. The molecule has 28 heavy (non-hydrogen) atoms. The van der Waals surface area contributed by atoms with Gasteiger partial charge in [-0.2, -0.15) is 0 Å². The zero-order valence-corrected chi connectivity index (χ0v) is 18.3. The Labute approximate surface area is 179 Å². The highest BCUT2D eigenvalue weighted by Gasteiger charge is 2.08. The van der Waals surface area contributed by atoms with Gasteiger partial charge in [-0.1, -0.05) is 45.7 Å². The Kier molecular flexibility index (Phi) is 7.24. The van der Waals surface area contributed by atoms with Gasteiger partial charge in [-0.15, -0.1) is 0 Å². The average Bonchev–Trinajstić information content (AvgIpc) is 2.68. The Bertz CT molecular complexity index is 928. The van der Waals surface area contributed by atoms with E-state index in [1.165, 1.54) is 5.56 Å². The molecular weight excluding hydrogens is 438 g/mol. The van der Waals surface area contributed by atoms with E-state index in [1.54, 1.807) is 0 Å². The van der Waals surface area contributed by atoms with Crippen LogP contribution < -0.4 is 14.8 Å². The normalized spacial score (nSPS) is 10.6. The maximum atomic E-state index is 5.97. The van der Waals surface area contributed by atoms with Gasteiger partial charge in [-0.05, 0) is 73.0 Å². The Morgan fingerprint density at radius 2 is 1.64 bits per heavy atom. The lowest BCUT2D eigenvalue weighted by Crippen LogP contribution is -2.04. The predicted octanol–water partition coefficient (Wildman–Crippen LogP) is 7.00. The van der Waals surface area contributed by atoms with Crippen LogP contribution in [-0.4, -0.2) is 6.61 Å². The van der Waals surface area contributed by atoms with E-state index in [4.69, 9.17) is 21.1 Å². The van der Waals surface area contributed by atoms with Crippen molar-refractivity contribution >= 4 is 33.2 Å². The molecule has 0 aliphatic rings. The molecule has 0 radical (unpaired) electrons. The third-order valence-corrected chi connectivity index (χ3v) is 5.03. The summed E-state index contributed by atoms with van der Waals surface area (Å²) in [5.41, 5.74) is 4.50. The zero-order chi connectivity index (χ0) is 19.9. The maximum absolute atomic E-state index is 5.97. The van der Waals surface area contributed by atoms with Gasteiger partial charge >= 0.3 is 0 Å². The summed E-state index contributed by atoms with van der Waals surface area (Å²) in [5.74, 6) is 1.49. The summed E-state index contributed by atoms with van der Waals surface area (Å²) in [6, 6.07) is 19.9. The van der Waals surface area contributed by atoms with Crippen LogP contribution in [0.5, 0.6) is 11.5 Å². The van der Waals surface area contributed by atoms with Crippen molar-refractivity contribution in [2.24, 2.45) is 0 Å². The van der Waals surface area contributed by atoms with Crippen molar-refractivity contribution in [1.29, 1.82) is 0 Å². The van der Waals surface area contributed by atoms with Crippen LogP contribution in [0.3, 0.4) is 0 Å². The molecule has 0 heterocycles. The highest BCUT2D eigenvalue weighted by molar-refractivity contribution is 9.10. The fourth-order valence-corrected chi connectivity index (χ4v) is 3.42. The first-order valence-corrected chi connectivity index (χ1v) is 10.3. The molecule has 5 heteroatoms. The number of halogens is 2. The Morgan fingerprint density at radius 3 is 2.36 bits per heavy atom. The first-order chi connectivity index (χ1) is 13.5. The summed E-state index contributed by atoms with van der Waals surface area (Å²) in [5, 5.41) is 4.20. The first kappa shape index (κ1) is 20.6. The minimum absolute atomic E-state index is 0.465. The highest BCUT2D eigenvalue weighted by Crippen LogP contribution is 2.30. The second-order valence-corrected chi connectivity index (χ2v) is 7.79. The van der Waals surface area contributed by atoms with Crippen LogP contribution in [0.1, 0.15) is 23.6 Å². The van der Waals surface area contributed by atoms with Crippen LogP contribution in [0, 0.1) is 6.92 Å². The molecule has 0 spiro atoms. The Morgan fingerprint density at radius 1 is 0.893 bits per heavy atom. The minimum Gasteiger partial charge on any atom is -0.490 e. The number of nitrogens with one attached hydrogen (secondary N) is 1. The van der Waals surface area contributed by atoms with E-state index in [9.17, 15) is 0 Å². The molecule has 3 rings (SSSR count). The van der Waals surface area contributed by atoms with Crippen molar-refractivity contribution in [3.05, 3.63) is 86.8 Å². The predicted molar refractivity (Wildman–Crippen MR) is 120 cm³/mol. The molecule has 0 unspecified atom stereocenters. The first-order valence-electron chi connectivity index (χ1n) is 9.18. The third-order valence-electron chi connectivity index (χ3n) is 4.29. The maximum Gasteiger partial charge on any atom is 0.161 e. The molecule has 1 N–H and O–H groups in total. The number of aryl methyl sites for hydroxylation is 1. The van der Waals surface area contributed by atoms with Crippen LogP contribution in [0.25, 0.3) is 0 Å². The van der Waals surface area contributed by atoms with Crippen LogP contribution >= 0.6 is 27.5 Å². The molecule has 0 aromatic heterocycles. The van der Waals surface area contributed by atoms with E-state index in [1.807, 2.05) is 49.4 Å². The molecule has 3 nitrogen and oxygen atoms in total. The summed E-state index contributed by atoms with van der Waals surface area (Å²) in [6.07, 6.45) is 0. The number of hydrogen-bond donors (Lipinski definition) is 1. The number of benzene rings is 3. The van der Waals surface area contributed by atoms with E-state index < -0.39 is 0 Å². The SMILES string of the molecule is CCOc1cc(CNc2ccc(Br)cc2C)ccc1OCc1ccc(Cl)cc1. The topological polar surface area (TPSA) is 30.5 Å². The molecule has 0 saturated heterocycles. The van der Waals surface area contributed by atoms with E-state index in [-0.39, 0.29) is 0 Å². The minimum atomic E-state index is 0.465. The Hall–Kier alpha value is -2.17. The van der Waals surface area contributed by atoms with Gasteiger partial charge in [0.1, 0.15) is 6.61 Å². The lowest BCUT2D eigenvalue weighted by Gasteiger charge is -2.15. The number of anilines is 1. The fourth-order valence-electron chi connectivity index (χ4n) is 2.81. The monoisotopic (exact) mass is 459 g/mol. The highest BCUT2D eigenvalue weighted by atomic mass is 79.9. The van der Waals surface area contributed by atoms with Gasteiger partial charge < -0.3 is 14.8 Å². The average molecular weight is 461 g/mol. The lowest BCUT2D eigenvalue weighted by atomic mass is 10.1. The summed E-state index contributed by atoms with van der Waals surface area (Å²) < 4.78 is 12.8. The summed E-state index contributed by atoms with van der Waals surface area (Å²) in [6.45, 7) is 5.82. The van der Waals surface area contributed by atoms with Gasteiger partial charge in [0.25, 0.3) is 0 Å². The zero-order valence-electron chi connectivity index (χ0n) is 16.0. The van der Waals surface area contributed by atoms with E-state index in [0.29, 0.717) is 19.8 Å². The summed E-state index contributed by atoms with van der Waals surface area (Å²) in [4.78, 5) is 0. The largest absolute Gasteiger partial charge is 0.490 e. The number of ether oxygens (including phenoxy) is 2. The second kappa shape index (κ2) is 9.85. The molecule has 3 aromatic carbocycles. The standard InChI is InChI=1S/C23H23BrClNO2/c1-3-27-23-13-18(14-26-21-10-7-19(24)12-16(21)2)6-11-22(23)28-15-17-4-8-20(25)9-5-17/h4-13,26H,3,14-15H2,1-2H3. The third kappa shape index (κ3) is 5.66. The van der Waals surface area contributed by atoms with Crippen molar-refractivity contribution in [3.8, 4) is 11.5 Å². The van der Waals surface area contributed by atoms with E-state index in [2.05, 4.69) is 46.4 Å². The summed E-state index contributed by atoms with van der Waals surface area (Å²) in [7, 11) is 0. The van der Waals surface area contributed by atoms with Gasteiger partial charge in [0.15, 0.2) is 11.5 Å². The van der Waals surface area contributed by atoms with Crippen LogP contribution in [0.4, 0.5) is 5.69 Å². The van der Waals surface area contributed by atoms with Crippen LogP contribution in [-0.2, 0) is 13.2 Å². The fraction of sp³-hybridized carbons (Fsp3) is 0.217. The molecule has 146 valence electrons. The van der Waals surface area contributed by atoms with E-state index >= 15 is 0 Å². The van der Waals surface area contributed by atoms with E-state index in [0.717, 1.165) is 37.8 Å². The summed E-state index contributed by atoms with van der Waals surface area (Å²) >= 11 is 9.43. The molecule has 0 aliphatic carbocycles. The van der Waals surface area contributed by atoms with Gasteiger partial charge in [-0.3, -0.25) is 0 Å². The van der Waals surface area contributed by atoms with Gasteiger partial charge in [0.05, 0.1) is 6.61 Å². The number of rotatable bonds is 8. The van der Waals surface area contributed by atoms with Gasteiger partial charge in [-0.25, -0.2) is 0 Å². The van der Waals surface area contributed by atoms with Crippen LogP contribution in [0.2, 0.25) is 5.02 Å².